The van der Waals surface area contributed by atoms with Crippen LogP contribution in [0.25, 0.3) is 21.1 Å². The third-order valence-electron chi connectivity index (χ3n) is 3.30. The number of hydrogen-bond acceptors (Lipinski definition) is 4. The van der Waals surface area contributed by atoms with Crippen molar-refractivity contribution >= 4 is 44.1 Å². The first-order valence-corrected chi connectivity index (χ1v) is 7.74. The van der Waals surface area contributed by atoms with Crippen LogP contribution in [0.5, 0.6) is 0 Å². The number of amides is 1. The van der Waals surface area contributed by atoms with Crippen LogP contribution in [0.3, 0.4) is 0 Å². The molecule has 2 heterocycles. The van der Waals surface area contributed by atoms with E-state index in [2.05, 4.69) is 24.1 Å². The van der Waals surface area contributed by atoms with Gasteiger partial charge in [-0.15, -0.1) is 11.3 Å². The SMILES string of the molecule is CC(C)CNC(=O)c1sc2nc3ccccc3cc2c1N. The van der Waals surface area contributed by atoms with E-state index in [1.807, 2.05) is 30.3 Å². The number of nitrogen functional groups attached to an aromatic ring is 1. The molecule has 0 saturated carbocycles. The highest BCUT2D eigenvalue weighted by atomic mass is 32.1. The molecule has 0 atom stereocenters. The molecule has 3 rings (SSSR count). The maximum Gasteiger partial charge on any atom is 0.263 e. The highest BCUT2D eigenvalue weighted by Gasteiger charge is 2.17. The lowest BCUT2D eigenvalue weighted by atomic mass is 10.1. The van der Waals surface area contributed by atoms with E-state index in [4.69, 9.17) is 5.73 Å². The lowest BCUT2D eigenvalue weighted by molar-refractivity contribution is 0.0954. The number of anilines is 1. The molecule has 0 saturated heterocycles. The van der Waals surface area contributed by atoms with E-state index in [1.54, 1.807) is 0 Å². The van der Waals surface area contributed by atoms with Gasteiger partial charge in [0.05, 0.1) is 11.2 Å². The van der Waals surface area contributed by atoms with Gasteiger partial charge in [-0.1, -0.05) is 32.0 Å². The summed E-state index contributed by atoms with van der Waals surface area (Å²) in [5.74, 6) is 0.290. The van der Waals surface area contributed by atoms with Crippen LogP contribution in [-0.4, -0.2) is 17.4 Å². The van der Waals surface area contributed by atoms with Gasteiger partial charge in [-0.2, -0.15) is 0 Å². The van der Waals surface area contributed by atoms with E-state index >= 15 is 0 Å². The van der Waals surface area contributed by atoms with Crippen LogP contribution in [0.4, 0.5) is 5.69 Å². The number of para-hydroxylation sites is 1. The monoisotopic (exact) mass is 299 g/mol. The van der Waals surface area contributed by atoms with Crippen molar-refractivity contribution in [1.29, 1.82) is 0 Å². The van der Waals surface area contributed by atoms with Crippen molar-refractivity contribution in [1.82, 2.24) is 10.3 Å². The molecule has 0 spiro atoms. The van der Waals surface area contributed by atoms with Crippen molar-refractivity contribution in [3.8, 4) is 0 Å². The summed E-state index contributed by atoms with van der Waals surface area (Å²) in [7, 11) is 0. The summed E-state index contributed by atoms with van der Waals surface area (Å²) in [6.07, 6.45) is 0. The number of benzene rings is 1. The minimum Gasteiger partial charge on any atom is -0.397 e. The fourth-order valence-corrected chi connectivity index (χ4v) is 3.19. The first-order valence-electron chi connectivity index (χ1n) is 6.92. The zero-order valence-electron chi connectivity index (χ0n) is 12.0. The quantitative estimate of drug-likeness (QED) is 0.778. The number of carbonyl (C=O) groups excluding carboxylic acids is 1. The Bertz CT molecular complexity index is 823. The number of fused-ring (bicyclic) bond motifs is 2. The van der Waals surface area contributed by atoms with E-state index < -0.39 is 0 Å². The number of rotatable bonds is 3. The van der Waals surface area contributed by atoms with Gasteiger partial charge in [-0.05, 0) is 18.1 Å². The summed E-state index contributed by atoms with van der Waals surface area (Å²) in [5.41, 5.74) is 7.59. The molecule has 3 aromatic rings. The summed E-state index contributed by atoms with van der Waals surface area (Å²) in [4.78, 5) is 18.2. The Morgan fingerprint density at radius 1 is 1.38 bits per heavy atom. The van der Waals surface area contributed by atoms with E-state index in [-0.39, 0.29) is 5.91 Å². The number of nitrogens with one attached hydrogen (secondary N) is 1. The molecule has 5 heteroatoms. The van der Waals surface area contributed by atoms with Crippen LogP contribution in [0, 0.1) is 5.92 Å². The summed E-state index contributed by atoms with van der Waals surface area (Å²) in [5, 5.41) is 4.79. The number of aromatic nitrogens is 1. The standard InChI is InChI=1S/C16H17N3OS/c1-9(2)8-18-15(20)14-13(17)11-7-10-5-3-4-6-12(10)19-16(11)21-14/h3-7,9H,8,17H2,1-2H3,(H,18,20). The zero-order chi connectivity index (χ0) is 15.0. The second-order valence-corrected chi connectivity index (χ2v) is 6.48. The highest BCUT2D eigenvalue weighted by Crippen LogP contribution is 2.34. The number of nitrogens with zero attached hydrogens (tertiary/aromatic N) is 1. The van der Waals surface area contributed by atoms with Gasteiger partial charge in [0.2, 0.25) is 0 Å². The number of thiophene rings is 1. The second-order valence-electron chi connectivity index (χ2n) is 5.48. The van der Waals surface area contributed by atoms with Crippen LogP contribution in [0.2, 0.25) is 0 Å². The minimum atomic E-state index is -0.117. The van der Waals surface area contributed by atoms with Crippen molar-refractivity contribution in [3.05, 3.63) is 35.2 Å². The average Bonchev–Trinajstić information content (AvgIpc) is 2.79. The largest absolute Gasteiger partial charge is 0.397 e. The second kappa shape index (κ2) is 5.33. The van der Waals surface area contributed by atoms with Gasteiger partial charge in [0.25, 0.3) is 5.91 Å². The summed E-state index contributed by atoms with van der Waals surface area (Å²) < 4.78 is 0. The van der Waals surface area contributed by atoms with Crippen LogP contribution in [-0.2, 0) is 0 Å². The molecule has 0 aliphatic heterocycles. The number of hydrogen-bond donors (Lipinski definition) is 2. The van der Waals surface area contributed by atoms with Crippen LogP contribution in [0.15, 0.2) is 30.3 Å². The summed E-state index contributed by atoms with van der Waals surface area (Å²) >= 11 is 1.35. The van der Waals surface area contributed by atoms with Crippen molar-refractivity contribution in [2.24, 2.45) is 5.92 Å². The van der Waals surface area contributed by atoms with E-state index in [0.717, 1.165) is 21.1 Å². The number of carbonyl (C=O) groups is 1. The van der Waals surface area contributed by atoms with Crippen LogP contribution < -0.4 is 11.1 Å². The van der Waals surface area contributed by atoms with Gasteiger partial charge in [0.1, 0.15) is 9.71 Å². The third-order valence-corrected chi connectivity index (χ3v) is 4.41. The Morgan fingerprint density at radius 3 is 2.90 bits per heavy atom. The number of nitrogens with two attached hydrogens (primary N) is 1. The van der Waals surface area contributed by atoms with Crippen molar-refractivity contribution in [2.45, 2.75) is 13.8 Å². The topological polar surface area (TPSA) is 68.0 Å². The van der Waals surface area contributed by atoms with Gasteiger partial charge in [0, 0.05) is 17.3 Å². The predicted octanol–water partition coefficient (Wildman–Crippen LogP) is 3.42. The molecule has 1 aromatic carbocycles. The zero-order valence-corrected chi connectivity index (χ0v) is 12.8. The molecule has 0 aliphatic carbocycles. The molecule has 0 unspecified atom stereocenters. The maximum absolute atomic E-state index is 12.2. The molecular weight excluding hydrogens is 282 g/mol. The maximum atomic E-state index is 12.2. The smallest absolute Gasteiger partial charge is 0.263 e. The molecule has 108 valence electrons. The lowest BCUT2D eigenvalue weighted by Gasteiger charge is -2.06. The molecule has 3 N–H and O–H groups in total. The van der Waals surface area contributed by atoms with Crippen molar-refractivity contribution < 1.29 is 4.79 Å². The van der Waals surface area contributed by atoms with Gasteiger partial charge in [-0.3, -0.25) is 4.79 Å². The molecule has 0 bridgehead atoms. The molecule has 21 heavy (non-hydrogen) atoms. The Kier molecular flexibility index (Phi) is 3.51. The first-order chi connectivity index (χ1) is 10.1. The first kappa shape index (κ1) is 13.8. The van der Waals surface area contributed by atoms with E-state index in [0.29, 0.717) is 23.0 Å². The fraction of sp³-hybridized carbons (Fsp3) is 0.250. The molecule has 4 nitrogen and oxygen atoms in total. The molecule has 1 amide bonds. The van der Waals surface area contributed by atoms with Gasteiger partial charge in [-0.25, -0.2) is 4.98 Å². The summed E-state index contributed by atoms with van der Waals surface area (Å²) in [6.45, 7) is 4.76. The molecule has 2 aromatic heterocycles. The molecular formula is C16H17N3OS. The van der Waals surface area contributed by atoms with Crippen LogP contribution >= 0.6 is 11.3 Å². The Morgan fingerprint density at radius 2 is 2.14 bits per heavy atom. The average molecular weight is 299 g/mol. The molecule has 0 fully saturated rings. The van der Waals surface area contributed by atoms with Crippen LogP contribution in [0.1, 0.15) is 23.5 Å². The predicted molar refractivity (Wildman–Crippen MR) is 88.7 cm³/mol. The Labute approximate surface area is 127 Å². The summed E-state index contributed by atoms with van der Waals surface area (Å²) in [6, 6.07) is 9.88. The van der Waals surface area contributed by atoms with Gasteiger partial charge >= 0.3 is 0 Å². The highest BCUT2D eigenvalue weighted by molar-refractivity contribution is 7.21. The fourth-order valence-electron chi connectivity index (χ4n) is 2.19. The molecule has 0 aliphatic rings. The van der Waals surface area contributed by atoms with E-state index in [9.17, 15) is 4.79 Å². The van der Waals surface area contributed by atoms with E-state index in [1.165, 1.54) is 11.3 Å². The minimum absolute atomic E-state index is 0.117. The van der Waals surface area contributed by atoms with Crippen molar-refractivity contribution in [3.63, 3.8) is 0 Å². The van der Waals surface area contributed by atoms with Crippen molar-refractivity contribution in [2.75, 3.05) is 12.3 Å². The van der Waals surface area contributed by atoms with Gasteiger partial charge < -0.3 is 11.1 Å². The number of pyridine rings is 1. The third kappa shape index (κ3) is 2.56. The Balaban J connectivity index is 2.06. The Hall–Kier alpha value is -2.14. The normalized spacial score (nSPS) is 11.4. The lowest BCUT2D eigenvalue weighted by Crippen LogP contribution is -2.27. The van der Waals surface area contributed by atoms with Gasteiger partial charge in [0.15, 0.2) is 0 Å². The molecule has 0 radical (unpaired) electrons.